The van der Waals surface area contributed by atoms with Gasteiger partial charge in [-0.3, -0.25) is 14.1 Å². The molecule has 0 amide bonds. The van der Waals surface area contributed by atoms with E-state index in [2.05, 4.69) is 5.32 Å². The van der Waals surface area contributed by atoms with Gasteiger partial charge < -0.3 is 19.4 Å². The van der Waals surface area contributed by atoms with Gasteiger partial charge in [-0.15, -0.1) is 8.42 Å². The number of fused-ring (bicyclic) bond motifs is 2. The molecule has 1 aliphatic carbocycles. The first-order chi connectivity index (χ1) is 18.8. The standard InChI is InChI=1S/C27H20N2O9S2/c1-15-6-10-17(11-7-15)37-40(35,36)38-18-12-8-16(9-13-18)29-21-14-22(39(32,33)34)25(28)24-23(21)26(30)19-4-2-3-5-20(19)27(24)31/h2-14,29H,28H2,1H3,(H,32,33,34). The molecule has 0 saturated heterocycles. The van der Waals surface area contributed by atoms with Gasteiger partial charge in [-0.05, 0) is 49.4 Å². The number of rotatable bonds is 7. The summed E-state index contributed by atoms with van der Waals surface area (Å²) >= 11 is 0. The third-order valence-corrected chi connectivity index (χ3v) is 7.72. The van der Waals surface area contributed by atoms with Crippen LogP contribution in [0.1, 0.15) is 37.4 Å². The van der Waals surface area contributed by atoms with Gasteiger partial charge in [-0.25, -0.2) is 0 Å². The van der Waals surface area contributed by atoms with E-state index in [9.17, 15) is 31.0 Å². The molecule has 0 bridgehead atoms. The second kappa shape index (κ2) is 9.79. The lowest BCUT2D eigenvalue weighted by atomic mass is 9.82. The van der Waals surface area contributed by atoms with Gasteiger partial charge in [0.25, 0.3) is 10.1 Å². The van der Waals surface area contributed by atoms with Gasteiger partial charge in [0.1, 0.15) is 16.4 Å². The van der Waals surface area contributed by atoms with Crippen LogP contribution in [0.2, 0.25) is 0 Å². The summed E-state index contributed by atoms with van der Waals surface area (Å²) < 4.78 is 68.4. The molecule has 13 heteroatoms. The van der Waals surface area contributed by atoms with Crippen LogP contribution in [0.15, 0.2) is 83.8 Å². The highest BCUT2D eigenvalue weighted by Crippen LogP contribution is 2.40. The molecule has 40 heavy (non-hydrogen) atoms. The van der Waals surface area contributed by atoms with E-state index in [-0.39, 0.29) is 45.1 Å². The Morgan fingerprint density at radius 1 is 0.750 bits per heavy atom. The number of nitrogens with one attached hydrogen (secondary N) is 1. The van der Waals surface area contributed by atoms with Gasteiger partial charge in [0.05, 0.1) is 22.5 Å². The van der Waals surface area contributed by atoms with Crippen molar-refractivity contribution in [3.8, 4) is 11.5 Å². The molecule has 0 atom stereocenters. The molecule has 5 rings (SSSR count). The van der Waals surface area contributed by atoms with E-state index in [1.807, 2.05) is 6.92 Å². The van der Waals surface area contributed by atoms with Gasteiger partial charge in [0.15, 0.2) is 11.6 Å². The van der Waals surface area contributed by atoms with Crippen molar-refractivity contribution in [1.29, 1.82) is 0 Å². The highest BCUT2D eigenvalue weighted by atomic mass is 32.3. The molecule has 0 saturated carbocycles. The molecule has 4 aromatic rings. The van der Waals surface area contributed by atoms with Crippen LogP contribution in [0, 0.1) is 6.92 Å². The summed E-state index contributed by atoms with van der Waals surface area (Å²) in [4.78, 5) is 25.9. The number of aryl methyl sites for hydroxylation is 1. The maximum absolute atomic E-state index is 13.4. The van der Waals surface area contributed by atoms with Crippen LogP contribution >= 0.6 is 0 Å². The fraction of sp³-hybridized carbons (Fsp3) is 0.0370. The molecule has 0 heterocycles. The van der Waals surface area contributed by atoms with Crippen LogP contribution in [-0.2, 0) is 20.5 Å². The van der Waals surface area contributed by atoms with Crippen molar-refractivity contribution >= 4 is 49.1 Å². The van der Waals surface area contributed by atoms with E-state index in [1.165, 1.54) is 48.5 Å². The largest absolute Gasteiger partial charge is 0.500 e. The molecule has 0 aromatic heterocycles. The zero-order valence-electron chi connectivity index (χ0n) is 20.6. The minimum atomic E-state index is -4.88. The third kappa shape index (κ3) is 5.12. The predicted molar refractivity (Wildman–Crippen MR) is 145 cm³/mol. The molecule has 4 aromatic carbocycles. The lowest BCUT2D eigenvalue weighted by Gasteiger charge is -2.23. The second-order valence-corrected chi connectivity index (χ2v) is 11.3. The first-order valence-corrected chi connectivity index (χ1v) is 14.3. The lowest BCUT2D eigenvalue weighted by molar-refractivity contribution is 0.0980. The maximum Gasteiger partial charge on any atom is 0.500 e. The summed E-state index contributed by atoms with van der Waals surface area (Å²) in [7, 11) is -9.35. The minimum absolute atomic E-state index is 0.0423. The van der Waals surface area contributed by atoms with Crippen molar-refractivity contribution in [2.24, 2.45) is 0 Å². The molecule has 0 spiro atoms. The Bertz CT molecular complexity index is 1900. The van der Waals surface area contributed by atoms with Crippen LogP contribution in [0.25, 0.3) is 0 Å². The first kappa shape index (κ1) is 26.9. The van der Waals surface area contributed by atoms with Gasteiger partial charge >= 0.3 is 10.4 Å². The van der Waals surface area contributed by atoms with Crippen molar-refractivity contribution in [3.05, 3.63) is 107 Å². The number of nitrogen functional groups attached to an aromatic ring is 1. The number of carbonyl (C=O) groups excluding carboxylic acids is 2. The first-order valence-electron chi connectivity index (χ1n) is 11.5. The van der Waals surface area contributed by atoms with Crippen LogP contribution in [0.4, 0.5) is 17.1 Å². The van der Waals surface area contributed by atoms with E-state index in [1.54, 1.807) is 24.3 Å². The van der Waals surface area contributed by atoms with Gasteiger partial charge in [-0.1, -0.05) is 42.0 Å². The number of ketones is 2. The summed E-state index contributed by atoms with van der Waals surface area (Å²) in [5, 5.41) is 2.85. The van der Waals surface area contributed by atoms with Crippen LogP contribution in [0.3, 0.4) is 0 Å². The highest BCUT2D eigenvalue weighted by molar-refractivity contribution is 7.86. The van der Waals surface area contributed by atoms with Gasteiger partial charge in [-0.2, -0.15) is 8.42 Å². The molecule has 11 nitrogen and oxygen atoms in total. The number of hydrogen-bond donors (Lipinski definition) is 3. The quantitative estimate of drug-likeness (QED) is 0.187. The topological polar surface area (TPSA) is 179 Å². The summed E-state index contributed by atoms with van der Waals surface area (Å²) in [5.41, 5.74) is 6.08. The van der Waals surface area contributed by atoms with Gasteiger partial charge in [0.2, 0.25) is 0 Å². The molecule has 0 fully saturated rings. The Hall–Kier alpha value is -4.72. The summed E-state index contributed by atoms with van der Waals surface area (Å²) in [5.74, 6) is -1.30. The van der Waals surface area contributed by atoms with E-state index in [4.69, 9.17) is 14.1 Å². The van der Waals surface area contributed by atoms with Crippen molar-refractivity contribution in [1.82, 2.24) is 0 Å². The average Bonchev–Trinajstić information content (AvgIpc) is 2.89. The second-order valence-electron chi connectivity index (χ2n) is 8.80. The molecular weight excluding hydrogens is 560 g/mol. The van der Waals surface area contributed by atoms with Crippen molar-refractivity contribution in [2.45, 2.75) is 11.8 Å². The van der Waals surface area contributed by atoms with Crippen molar-refractivity contribution in [2.75, 3.05) is 11.1 Å². The Balaban J connectivity index is 1.48. The molecule has 0 aliphatic heterocycles. The molecule has 4 N–H and O–H groups in total. The molecule has 0 unspecified atom stereocenters. The van der Waals surface area contributed by atoms with E-state index in [0.29, 0.717) is 0 Å². The van der Waals surface area contributed by atoms with Crippen molar-refractivity contribution in [3.63, 3.8) is 0 Å². The lowest BCUT2D eigenvalue weighted by Crippen LogP contribution is -2.25. The monoisotopic (exact) mass is 580 g/mol. The van der Waals surface area contributed by atoms with Gasteiger partial charge in [0, 0.05) is 16.8 Å². The SMILES string of the molecule is Cc1ccc(OS(=O)(=O)Oc2ccc(Nc3cc(S(=O)(=O)O)c(N)c4c3C(=O)c3ccccc3C4=O)cc2)cc1. The van der Waals surface area contributed by atoms with E-state index < -0.39 is 42.7 Å². The van der Waals surface area contributed by atoms with E-state index in [0.717, 1.165) is 11.6 Å². The fourth-order valence-electron chi connectivity index (χ4n) is 4.20. The fourth-order valence-corrected chi connectivity index (χ4v) is 5.58. The smallest absolute Gasteiger partial charge is 0.397 e. The number of hydrogen-bond acceptors (Lipinski definition) is 10. The van der Waals surface area contributed by atoms with Crippen molar-refractivity contribution < 1.29 is 39.3 Å². The maximum atomic E-state index is 13.4. The Labute approximate surface area is 229 Å². The summed E-state index contributed by atoms with van der Waals surface area (Å²) in [6, 6.07) is 18.6. The van der Waals surface area contributed by atoms with Crippen LogP contribution < -0.4 is 19.4 Å². The highest BCUT2D eigenvalue weighted by Gasteiger charge is 2.36. The molecule has 1 aliphatic rings. The summed E-state index contributed by atoms with van der Waals surface area (Å²) in [6.45, 7) is 1.83. The average molecular weight is 581 g/mol. The molecular formula is C27H20N2O9S2. The zero-order valence-corrected chi connectivity index (χ0v) is 22.2. The number of nitrogens with two attached hydrogens (primary N) is 1. The van der Waals surface area contributed by atoms with Crippen LogP contribution in [0.5, 0.6) is 11.5 Å². The number of carbonyl (C=O) groups is 2. The predicted octanol–water partition coefficient (Wildman–Crippen LogP) is 4.05. The Morgan fingerprint density at radius 3 is 1.77 bits per heavy atom. The Morgan fingerprint density at radius 2 is 1.25 bits per heavy atom. The van der Waals surface area contributed by atoms with E-state index >= 15 is 0 Å². The third-order valence-electron chi connectivity index (χ3n) is 6.03. The molecule has 204 valence electrons. The number of benzene rings is 4. The van der Waals surface area contributed by atoms with Crippen LogP contribution in [-0.4, -0.2) is 33.0 Å². The molecule has 0 radical (unpaired) electrons. The zero-order chi connectivity index (χ0) is 28.8. The Kier molecular flexibility index (Phi) is 6.58. The summed E-state index contributed by atoms with van der Waals surface area (Å²) in [6.07, 6.45) is 0. The minimum Gasteiger partial charge on any atom is -0.397 e. The normalized spacial score (nSPS) is 12.8. The number of anilines is 3.